The van der Waals surface area contributed by atoms with Gasteiger partial charge in [0, 0.05) is 6.54 Å². The topological polar surface area (TPSA) is 57.2 Å². The Kier molecular flexibility index (Phi) is 7.21. The van der Waals surface area contributed by atoms with Crippen LogP contribution in [0.5, 0.6) is 23.0 Å². The molecule has 0 unspecified atom stereocenters. The molecule has 7 heteroatoms. The van der Waals surface area contributed by atoms with Gasteiger partial charge in [-0.05, 0) is 73.0 Å². The molecule has 0 aromatic heterocycles. The molecule has 0 aliphatic carbocycles. The second-order valence-corrected chi connectivity index (χ2v) is 7.86. The molecule has 1 aliphatic heterocycles. The minimum Gasteiger partial charge on any atom is -0.493 e. The molecule has 6 nitrogen and oxygen atoms in total. The van der Waals surface area contributed by atoms with E-state index in [9.17, 15) is 9.18 Å². The van der Waals surface area contributed by atoms with E-state index in [-0.39, 0.29) is 18.3 Å². The van der Waals surface area contributed by atoms with Crippen LogP contribution in [0.4, 0.5) is 4.39 Å². The molecule has 4 rings (SSSR count). The lowest BCUT2D eigenvalue weighted by Crippen LogP contribution is -2.42. The average Bonchev–Trinajstić information content (AvgIpc) is 2.87. The highest BCUT2D eigenvalue weighted by molar-refractivity contribution is 5.97. The monoisotopic (exact) mass is 465 g/mol. The van der Waals surface area contributed by atoms with Crippen molar-refractivity contribution in [3.63, 3.8) is 0 Å². The zero-order valence-corrected chi connectivity index (χ0v) is 19.5. The molecule has 0 saturated carbocycles. The van der Waals surface area contributed by atoms with Gasteiger partial charge in [-0.15, -0.1) is 0 Å². The third-order valence-corrected chi connectivity index (χ3v) is 5.90. The molecule has 1 aliphatic rings. The van der Waals surface area contributed by atoms with Crippen molar-refractivity contribution in [3.05, 3.63) is 83.2 Å². The van der Waals surface area contributed by atoms with Crippen molar-refractivity contribution in [2.24, 2.45) is 0 Å². The van der Waals surface area contributed by atoms with Crippen molar-refractivity contribution in [2.75, 3.05) is 34.0 Å². The van der Waals surface area contributed by atoms with Crippen molar-refractivity contribution in [2.45, 2.75) is 19.4 Å². The molecule has 3 aromatic carbocycles. The predicted octanol–water partition coefficient (Wildman–Crippen LogP) is 5.06. The van der Waals surface area contributed by atoms with Crippen molar-refractivity contribution in [1.29, 1.82) is 0 Å². The molecule has 1 amide bonds. The van der Waals surface area contributed by atoms with Gasteiger partial charge in [0.05, 0.1) is 32.4 Å². The molecule has 1 atom stereocenters. The summed E-state index contributed by atoms with van der Waals surface area (Å²) in [4.78, 5) is 15.5. The molecule has 34 heavy (non-hydrogen) atoms. The highest BCUT2D eigenvalue weighted by atomic mass is 19.1. The molecule has 0 saturated heterocycles. The van der Waals surface area contributed by atoms with E-state index in [1.54, 1.807) is 43.4 Å². The number of hydrogen-bond acceptors (Lipinski definition) is 5. The number of fused-ring (bicyclic) bond motifs is 1. The summed E-state index contributed by atoms with van der Waals surface area (Å²) in [6, 6.07) is 16.5. The summed E-state index contributed by atoms with van der Waals surface area (Å²) in [5, 5.41) is 0. The quantitative estimate of drug-likeness (QED) is 0.466. The number of ether oxygens (including phenoxy) is 4. The Labute approximate surface area is 198 Å². The molecule has 3 aromatic rings. The zero-order chi connectivity index (χ0) is 24.1. The number of para-hydroxylation sites is 1. The maximum Gasteiger partial charge on any atom is 0.258 e. The van der Waals surface area contributed by atoms with E-state index in [1.807, 2.05) is 31.2 Å². The minimum absolute atomic E-state index is 0.141. The van der Waals surface area contributed by atoms with Crippen LogP contribution in [0, 0.1) is 5.82 Å². The fraction of sp³-hybridized carbons (Fsp3) is 0.296. The van der Waals surface area contributed by atoms with Gasteiger partial charge in [0.15, 0.2) is 11.5 Å². The second kappa shape index (κ2) is 10.5. The third kappa shape index (κ3) is 4.78. The molecular weight excluding hydrogens is 437 g/mol. The number of amides is 1. The van der Waals surface area contributed by atoms with Crippen LogP contribution < -0.4 is 18.9 Å². The highest BCUT2D eigenvalue weighted by Crippen LogP contribution is 2.39. The van der Waals surface area contributed by atoms with Gasteiger partial charge < -0.3 is 23.8 Å². The molecular formula is C27H28FNO5. The molecule has 0 N–H and O–H groups in total. The number of hydrogen-bond donors (Lipinski definition) is 0. The number of methoxy groups -OCH3 is 2. The Bertz CT molecular complexity index is 1150. The smallest absolute Gasteiger partial charge is 0.258 e. The lowest BCUT2D eigenvalue weighted by Gasteiger charge is -2.38. The largest absolute Gasteiger partial charge is 0.493 e. The first-order chi connectivity index (χ1) is 16.5. The second-order valence-electron chi connectivity index (χ2n) is 7.86. The van der Waals surface area contributed by atoms with Gasteiger partial charge in [0.2, 0.25) is 0 Å². The SMILES string of the molecule is CCOc1ccccc1C(=O)N1CCc2cc(OC)c(OC)cc2[C@H]1COc1ccc(F)cc1. The van der Waals surface area contributed by atoms with Crippen LogP contribution in [0.25, 0.3) is 0 Å². The maximum atomic E-state index is 13.7. The Hall–Kier alpha value is -3.74. The summed E-state index contributed by atoms with van der Waals surface area (Å²) in [6.07, 6.45) is 0.658. The summed E-state index contributed by atoms with van der Waals surface area (Å²) in [6.45, 7) is 3.04. The van der Waals surface area contributed by atoms with Crippen molar-refractivity contribution >= 4 is 5.91 Å². The van der Waals surface area contributed by atoms with E-state index in [0.29, 0.717) is 48.1 Å². The van der Waals surface area contributed by atoms with Gasteiger partial charge in [-0.25, -0.2) is 4.39 Å². The van der Waals surface area contributed by atoms with Gasteiger partial charge >= 0.3 is 0 Å². The van der Waals surface area contributed by atoms with Gasteiger partial charge in [0.1, 0.15) is 23.9 Å². The van der Waals surface area contributed by atoms with Crippen LogP contribution in [0.15, 0.2) is 60.7 Å². The van der Waals surface area contributed by atoms with E-state index in [4.69, 9.17) is 18.9 Å². The van der Waals surface area contributed by atoms with Crippen LogP contribution in [-0.4, -0.2) is 44.8 Å². The van der Waals surface area contributed by atoms with E-state index < -0.39 is 6.04 Å². The summed E-state index contributed by atoms with van der Waals surface area (Å²) in [5.41, 5.74) is 2.49. The van der Waals surface area contributed by atoms with Crippen LogP contribution in [-0.2, 0) is 6.42 Å². The van der Waals surface area contributed by atoms with Crippen LogP contribution in [0.3, 0.4) is 0 Å². The van der Waals surface area contributed by atoms with Crippen LogP contribution >= 0.6 is 0 Å². The Balaban J connectivity index is 1.72. The molecule has 0 fully saturated rings. The van der Waals surface area contributed by atoms with Gasteiger partial charge in [-0.3, -0.25) is 4.79 Å². The van der Waals surface area contributed by atoms with Crippen LogP contribution in [0.2, 0.25) is 0 Å². The van der Waals surface area contributed by atoms with Crippen molar-refractivity contribution in [1.82, 2.24) is 4.90 Å². The first kappa shape index (κ1) is 23.4. The highest BCUT2D eigenvalue weighted by Gasteiger charge is 2.34. The summed E-state index contributed by atoms with van der Waals surface area (Å²) < 4.78 is 36.1. The number of rotatable bonds is 8. The Morgan fingerprint density at radius 1 is 0.971 bits per heavy atom. The fourth-order valence-corrected chi connectivity index (χ4v) is 4.24. The standard InChI is InChI=1S/C27H28FNO5/c1-4-33-24-8-6-5-7-21(24)27(30)29-14-13-18-15-25(31-2)26(32-3)16-22(18)23(29)17-34-20-11-9-19(28)10-12-20/h5-12,15-16,23H,4,13-14,17H2,1-3H3/t23-/m1/s1. The van der Waals surface area contributed by atoms with E-state index in [1.165, 1.54) is 12.1 Å². The Morgan fingerprint density at radius 3 is 2.38 bits per heavy atom. The lowest BCUT2D eigenvalue weighted by molar-refractivity contribution is 0.0585. The van der Waals surface area contributed by atoms with Gasteiger partial charge in [-0.2, -0.15) is 0 Å². The molecule has 0 bridgehead atoms. The average molecular weight is 466 g/mol. The normalized spacial score (nSPS) is 14.8. The Morgan fingerprint density at radius 2 is 1.68 bits per heavy atom. The first-order valence-corrected chi connectivity index (χ1v) is 11.2. The third-order valence-electron chi connectivity index (χ3n) is 5.90. The van der Waals surface area contributed by atoms with E-state index >= 15 is 0 Å². The van der Waals surface area contributed by atoms with Crippen molar-refractivity contribution < 1.29 is 28.1 Å². The van der Waals surface area contributed by atoms with E-state index in [2.05, 4.69) is 0 Å². The van der Waals surface area contributed by atoms with Gasteiger partial charge in [0.25, 0.3) is 5.91 Å². The van der Waals surface area contributed by atoms with Crippen LogP contribution in [0.1, 0.15) is 34.5 Å². The summed E-state index contributed by atoms with van der Waals surface area (Å²) in [7, 11) is 3.18. The number of benzene rings is 3. The molecule has 1 heterocycles. The van der Waals surface area contributed by atoms with E-state index in [0.717, 1.165) is 11.1 Å². The number of carbonyl (C=O) groups excluding carboxylic acids is 1. The number of nitrogens with zero attached hydrogens (tertiary/aromatic N) is 1. The minimum atomic E-state index is -0.393. The summed E-state index contributed by atoms with van der Waals surface area (Å²) in [5.74, 6) is 1.81. The van der Waals surface area contributed by atoms with Gasteiger partial charge in [-0.1, -0.05) is 12.1 Å². The molecule has 0 spiro atoms. The molecule has 0 radical (unpaired) electrons. The first-order valence-electron chi connectivity index (χ1n) is 11.2. The lowest BCUT2D eigenvalue weighted by atomic mass is 9.91. The number of carbonyl (C=O) groups is 1. The predicted molar refractivity (Wildman–Crippen MR) is 127 cm³/mol. The summed E-state index contributed by atoms with van der Waals surface area (Å²) >= 11 is 0. The number of halogens is 1. The maximum absolute atomic E-state index is 13.7. The fourth-order valence-electron chi connectivity index (χ4n) is 4.24. The zero-order valence-electron chi connectivity index (χ0n) is 19.5. The van der Waals surface area contributed by atoms with Crippen molar-refractivity contribution in [3.8, 4) is 23.0 Å². The molecule has 178 valence electrons.